The molecule has 0 aliphatic rings. The topological polar surface area (TPSA) is 91.0 Å². The molecule has 0 saturated carbocycles. The molecule has 0 fully saturated rings. The lowest BCUT2D eigenvalue weighted by molar-refractivity contribution is -0.153. The first-order valence-corrected chi connectivity index (χ1v) is 9.58. The highest BCUT2D eigenvalue weighted by atomic mass is 32.1. The predicted octanol–water partition coefficient (Wildman–Crippen LogP) is 4.24. The van der Waals surface area contributed by atoms with Crippen LogP contribution in [0.4, 0.5) is 10.3 Å². The number of nitrogens with two attached hydrogens (primary N) is 1. The number of halogens is 1. The Morgan fingerprint density at radius 2 is 1.80 bits per heavy atom. The Labute approximate surface area is 179 Å². The fourth-order valence-corrected chi connectivity index (χ4v) is 3.23. The number of thiazole rings is 1. The summed E-state index contributed by atoms with van der Waals surface area (Å²) in [6, 6.07) is 5.86. The van der Waals surface area contributed by atoms with Gasteiger partial charge in [0.25, 0.3) is 0 Å². The van der Waals surface area contributed by atoms with Crippen LogP contribution in [0.1, 0.15) is 44.3 Å². The van der Waals surface area contributed by atoms with E-state index in [0.29, 0.717) is 26.7 Å². The molecule has 3 rings (SSSR count). The average Bonchev–Trinajstić information content (AvgIpc) is 3.03. The molecule has 0 amide bonds. The number of carbonyl (C=O) groups is 1. The van der Waals surface area contributed by atoms with Crippen molar-refractivity contribution in [2.45, 2.75) is 40.2 Å². The molecule has 2 heterocycles. The summed E-state index contributed by atoms with van der Waals surface area (Å²) >= 11 is 1.31. The van der Waals surface area contributed by atoms with Crippen molar-refractivity contribution >= 4 is 23.3 Å². The van der Waals surface area contributed by atoms with E-state index >= 15 is 0 Å². The van der Waals surface area contributed by atoms with E-state index in [4.69, 9.17) is 10.5 Å². The normalized spacial score (nSPS) is 10.5. The molecule has 0 unspecified atom stereocenters. The monoisotopic (exact) mass is 426 g/mol. The predicted molar refractivity (Wildman–Crippen MR) is 116 cm³/mol. The maximum atomic E-state index is 13.1. The zero-order chi connectivity index (χ0) is 21.0. The summed E-state index contributed by atoms with van der Waals surface area (Å²) in [6.45, 7) is 5.41. The van der Waals surface area contributed by atoms with Gasteiger partial charge in [-0.05, 0) is 51.0 Å². The van der Waals surface area contributed by atoms with Crippen LogP contribution >= 0.6 is 11.3 Å². The van der Waals surface area contributed by atoms with Crippen molar-refractivity contribution < 1.29 is 13.9 Å². The molecule has 30 heavy (non-hydrogen) atoms. The van der Waals surface area contributed by atoms with Gasteiger partial charge in [0, 0.05) is 23.5 Å². The number of benzene rings is 1. The maximum absolute atomic E-state index is 13.1. The summed E-state index contributed by atoms with van der Waals surface area (Å²) in [6.07, 6.45) is 3.11. The SMILES string of the molecule is C.CC(C)(C)OC(=O)Cc1nc(-c2cnc(N)nc2)sc1C#Cc1ccc(F)cc1. The van der Waals surface area contributed by atoms with Crippen LogP contribution in [0.15, 0.2) is 36.7 Å². The van der Waals surface area contributed by atoms with Crippen LogP contribution in [0.5, 0.6) is 0 Å². The molecule has 8 heteroatoms. The van der Waals surface area contributed by atoms with E-state index in [0.717, 1.165) is 0 Å². The molecule has 0 bridgehead atoms. The average molecular weight is 427 g/mol. The molecule has 0 aliphatic carbocycles. The van der Waals surface area contributed by atoms with E-state index in [1.54, 1.807) is 45.3 Å². The number of ether oxygens (including phenoxy) is 1. The number of hydrogen-bond donors (Lipinski definition) is 1. The van der Waals surface area contributed by atoms with Crippen molar-refractivity contribution in [1.29, 1.82) is 0 Å². The Balaban J connectivity index is 0.00000320. The van der Waals surface area contributed by atoms with Gasteiger partial charge in [0.2, 0.25) is 5.95 Å². The number of aromatic nitrogens is 3. The van der Waals surface area contributed by atoms with Gasteiger partial charge in [-0.25, -0.2) is 19.3 Å². The first-order valence-electron chi connectivity index (χ1n) is 8.76. The molecule has 0 aliphatic heterocycles. The van der Waals surface area contributed by atoms with Crippen molar-refractivity contribution in [2.24, 2.45) is 0 Å². The molecular formula is C22H23FN4O2S. The summed E-state index contributed by atoms with van der Waals surface area (Å²) in [7, 11) is 0. The van der Waals surface area contributed by atoms with Crippen LogP contribution < -0.4 is 5.73 Å². The lowest BCUT2D eigenvalue weighted by atomic mass is 10.2. The Bertz CT molecular complexity index is 1080. The number of esters is 1. The van der Waals surface area contributed by atoms with Crippen molar-refractivity contribution in [3.8, 4) is 22.4 Å². The van der Waals surface area contributed by atoms with Crippen molar-refractivity contribution in [3.63, 3.8) is 0 Å². The van der Waals surface area contributed by atoms with Crippen LogP contribution in [0, 0.1) is 17.7 Å². The van der Waals surface area contributed by atoms with Crippen LogP contribution in [-0.4, -0.2) is 26.5 Å². The molecule has 2 aromatic heterocycles. The fourth-order valence-electron chi connectivity index (χ4n) is 2.32. The maximum Gasteiger partial charge on any atom is 0.312 e. The summed E-state index contributed by atoms with van der Waals surface area (Å²) < 4.78 is 18.5. The molecule has 6 nitrogen and oxygen atoms in total. The molecule has 156 valence electrons. The third-order valence-corrected chi connectivity index (χ3v) is 4.57. The molecule has 0 atom stereocenters. The molecule has 0 spiro atoms. The van der Waals surface area contributed by atoms with Crippen molar-refractivity contribution in [3.05, 3.63) is 58.6 Å². The van der Waals surface area contributed by atoms with E-state index < -0.39 is 11.6 Å². The molecule has 0 radical (unpaired) electrons. The van der Waals surface area contributed by atoms with Gasteiger partial charge in [-0.2, -0.15) is 0 Å². The second-order valence-electron chi connectivity index (χ2n) is 7.14. The van der Waals surface area contributed by atoms with Gasteiger partial charge in [-0.3, -0.25) is 4.79 Å². The van der Waals surface area contributed by atoms with Gasteiger partial charge in [0.05, 0.1) is 12.1 Å². The van der Waals surface area contributed by atoms with E-state index in [2.05, 4.69) is 26.8 Å². The molecule has 1 aromatic carbocycles. The highest BCUT2D eigenvalue weighted by Crippen LogP contribution is 2.28. The Kier molecular flexibility index (Phi) is 7.24. The minimum absolute atomic E-state index is 0. The number of nitrogen functional groups attached to an aromatic ring is 1. The van der Waals surface area contributed by atoms with E-state index in [-0.39, 0.29) is 25.6 Å². The number of anilines is 1. The standard InChI is InChI=1S/C21H19FN4O2S.CH4/c1-21(2,3)28-18(27)10-16-17(9-6-13-4-7-15(22)8-5-13)29-19(26-16)14-11-24-20(23)25-12-14;/h4-5,7-8,11-12H,10H2,1-3H3,(H2,23,24,25);1H4. The summed E-state index contributed by atoms with van der Waals surface area (Å²) in [4.78, 5) is 25.4. The van der Waals surface area contributed by atoms with Crippen molar-refractivity contribution in [1.82, 2.24) is 15.0 Å². The highest BCUT2D eigenvalue weighted by Gasteiger charge is 2.20. The van der Waals surface area contributed by atoms with Gasteiger partial charge >= 0.3 is 5.97 Å². The third-order valence-electron chi connectivity index (χ3n) is 3.51. The smallest absolute Gasteiger partial charge is 0.312 e. The van der Waals surface area contributed by atoms with Gasteiger partial charge in [-0.15, -0.1) is 11.3 Å². The molecular weight excluding hydrogens is 403 g/mol. The lowest BCUT2D eigenvalue weighted by Gasteiger charge is -2.19. The lowest BCUT2D eigenvalue weighted by Crippen LogP contribution is -2.25. The summed E-state index contributed by atoms with van der Waals surface area (Å²) in [5.41, 5.74) is 6.77. The van der Waals surface area contributed by atoms with E-state index in [1.807, 2.05) is 0 Å². The van der Waals surface area contributed by atoms with Gasteiger partial charge in [0.15, 0.2) is 0 Å². The number of rotatable bonds is 3. The zero-order valence-corrected chi connectivity index (χ0v) is 17.0. The minimum Gasteiger partial charge on any atom is -0.460 e. The third kappa shape index (κ3) is 6.36. The van der Waals surface area contributed by atoms with Crippen LogP contribution in [0.3, 0.4) is 0 Å². The summed E-state index contributed by atoms with van der Waals surface area (Å²) in [5.74, 6) is 5.44. The highest BCUT2D eigenvalue weighted by molar-refractivity contribution is 7.15. The Hall–Kier alpha value is -3.31. The molecule has 3 aromatic rings. The second-order valence-corrected chi connectivity index (χ2v) is 8.14. The quantitative estimate of drug-likeness (QED) is 0.498. The largest absolute Gasteiger partial charge is 0.460 e. The first kappa shape index (κ1) is 23.0. The van der Waals surface area contributed by atoms with Crippen LogP contribution in [-0.2, 0) is 16.0 Å². The van der Waals surface area contributed by atoms with E-state index in [9.17, 15) is 9.18 Å². The fraction of sp³-hybridized carbons (Fsp3) is 0.273. The first-order chi connectivity index (χ1) is 13.7. The zero-order valence-electron chi connectivity index (χ0n) is 16.2. The number of carbonyl (C=O) groups excluding carboxylic acids is 1. The van der Waals surface area contributed by atoms with Crippen LogP contribution in [0.25, 0.3) is 10.6 Å². The van der Waals surface area contributed by atoms with Gasteiger partial charge in [0.1, 0.15) is 21.3 Å². The van der Waals surface area contributed by atoms with E-state index in [1.165, 1.54) is 23.5 Å². The molecule has 2 N–H and O–H groups in total. The Morgan fingerprint density at radius 3 is 2.40 bits per heavy atom. The van der Waals surface area contributed by atoms with Gasteiger partial charge < -0.3 is 10.5 Å². The summed E-state index contributed by atoms with van der Waals surface area (Å²) in [5, 5.41) is 0.618. The number of nitrogens with zero attached hydrogens (tertiary/aromatic N) is 3. The Morgan fingerprint density at radius 1 is 1.17 bits per heavy atom. The number of hydrogen-bond acceptors (Lipinski definition) is 7. The van der Waals surface area contributed by atoms with Gasteiger partial charge in [-0.1, -0.05) is 13.3 Å². The van der Waals surface area contributed by atoms with Crippen molar-refractivity contribution in [2.75, 3.05) is 5.73 Å². The minimum atomic E-state index is -0.597. The molecule has 0 saturated heterocycles. The second kappa shape index (κ2) is 9.46. The van der Waals surface area contributed by atoms with Crippen LogP contribution in [0.2, 0.25) is 0 Å².